The fourth-order valence-electron chi connectivity index (χ4n) is 1.77. The van der Waals surface area contributed by atoms with Crippen LogP contribution in [-0.4, -0.2) is 6.54 Å². The molecule has 0 spiro atoms. The predicted molar refractivity (Wildman–Crippen MR) is 54.3 cm³/mol. The van der Waals surface area contributed by atoms with Crippen LogP contribution in [-0.2, 0) is 6.42 Å². The van der Waals surface area contributed by atoms with Crippen molar-refractivity contribution in [3.8, 4) is 0 Å². The van der Waals surface area contributed by atoms with Crippen LogP contribution in [0.4, 0.5) is 0 Å². The van der Waals surface area contributed by atoms with Crippen LogP contribution in [0, 0.1) is 0 Å². The van der Waals surface area contributed by atoms with Crippen LogP contribution in [0.15, 0.2) is 22.7 Å². The fraction of sp³-hybridized carbons (Fsp3) is 0.400. The van der Waals surface area contributed by atoms with Crippen LogP contribution in [0.1, 0.15) is 24.1 Å². The summed E-state index contributed by atoms with van der Waals surface area (Å²) in [5.74, 6) is 0. The second kappa shape index (κ2) is 3.19. The molecule has 1 nitrogen and oxygen atoms in total. The monoisotopic (exact) mass is 225 g/mol. The number of hydrogen-bond donors (Lipinski definition) is 1. The minimum absolute atomic E-state index is 0.506. The van der Waals surface area contributed by atoms with E-state index in [1.165, 1.54) is 15.6 Å². The van der Waals surface area contributed by atoms with Gasteiger partial charge in [0.1, 0.15) is 0 Å². The Kier molecular flexibility index (Phi) is 2.20. The van der Waals surface area contributed by atoms with Crippen LogP contribution >= 0.6 is 15.9 Å². The van der Waals surface area contributed by atoms with Crippen molar-refractivity contribution in [2.45, 2.75) is 19.4 Å². The smallest absolute Gasteiger partial charge is 0.0295 e. The average molecular weight is 226 g/mol. The van der Waals surface area contributed by atoms with Gasteiger partial charge in [0.25, 0.3) is 0 Å². The van der Waals surface area contributed by atoms with E-state index in [1.807, 2.05) is 0 Å². The van der Waals surface area contributed by atoms with E-state index in [2.05, 4.69) is 46.4 Å². The maximum absolute atomic E-state index is 3.58. The van der Waals surface area contributed by atoms with E-state index in [1.54, 1.807) is 0 Å². The topological polar surface area (TPSA) is 12.0 Å². The molecule has 0 unspecified atom stereocenters. The minimum atomic E-state index is 0.506. The van der Waals surface area contributed by atoms with Gasteiger partial charge in [-0.1, -0.05) is 28.1 Å². The third-order valence-electron chi connectivity index (χ3n) is 2.45. The van der Waals surface area contributed by atoms with Crippen LogP contribution < -0.4 is 5.32 Å². The zero-order valence-electron chi connectivity index (χ0n) is 7.10. The van der Waals surface area contributed by atoms with Gasteiger partial charge in [-0.3, -0.25) is 0 Å². The Labute approximate surface area is 81.3 Å². The molecule has 1 heterocycles. The quantitative estimate of drug-likeness (QED) is 0.717. The maximum atomic E-state index is 3.58. The number of halogens is 1. The van der Waals surface area contributed by atoms with E-state index in [0.717, 1.165) is 13.0 Å². The molecule has 0 aromatic heterocycles. The largest absolute Gasteiger partial charge is 0.310 e. The number of fused-ring (bicyclic) bond motifs is 1. The summed E-state index contributed by atoms with van der Waals surface area (Å²) >= 11 is 3.58. The second-order valence-corrected chi connectivity index (χ2v) is 4.09. The first-order valence-corrected chi connectivity index (χ1v) is 5.09. The van der Waals surface area contributed by atoms with Crippen molar-refractivity contribution in [1.29, 1.82) is 0 Å². The molecule has 1 aliphatic rings. The normalized spacial score (nSPS) is 22.0. The molecular formula is C10H12BrN. The van der Waals surface area contributed by atoms with Crippen LogP contribution in [0.25, 0.3) is 0 Å². The first kappa shape index (κ1) is 8.27. The summed E-state index contributed by atoms with van der Waals surface area (Å²) < 4.78 is 1.26. The molecule has 0 saturated heterocycles. The summed E-state index contributed by atoms with van der Waals surface area (Å²) in [6.07, 6.45) is 1.14. The summed E-state index contributed by atoms with van der Waals surface area (Å²) in [4.78, 5) is 0. The molecule has 0 radical (unpaired) electrons. The Hall–Kier alpha value is -0.340. The zero-order chi connectivity index (χ0) is 8.55. The molecule has 2 rings (SSSR count). The molecule has 0 aliphatic carbocycles. The minimum Gasteiger partial charge on any atom is -0.310 e. The molecule has 64 valence electrons. The van der Waals surface area contributed by atoms with Gasteiger partial charge < -0.3 is 5.32 Å². The van der Waals surface area contributed by atoms with E-state index < -0.39 is 0 Å². The van der Waals surface area contributed by atoms with Crippen molar-refractivity contribution in [3.63, 3.8) is 0 Å². The fourth-order valence-corrected chi connectivity index (χ4v) is 2.35. The Morgan fingerprint density at radius 1 is 1.50 bits per heavy atom. The lowest BCUT2D eigenvalue weighted by Gasteiger charge is -2.24. The molecule has 0 bridgehead atoms. The van der Waals surface area contributed by atoms with Gasteiger partial charge in [0, 0.05) is 10.5 Å². The first-order valence-electron chi connectivity index (χ1n) is 4.29. The molecule has 1 aliphatic heterocycles. The molecule has 1 aromatic carbocycles. The molecule has 1 aromatic rings. The molecule has 0 saturated carbocycles. The van der Waals surface area contributed by atoms with Crippen LogP contribution in [0.5, 0.6) is 0 Å². The summed E-state index contributed by atoms with van der Waals surface area (Å²) in [6, 6.07) is 6.94. The lowest BCUT2D eigenvalue weighted by atomic mass is 9.96. The van der Waals surface area contributed by atoms with Gasteiger partial charge >= 0.3 is 0 Å². The van der Waals surface area contributed by atoms with Crippen LogP contribution in [0.2, 0.25) is 0 Å². The van der Waals surface area contributed by atoms with Gasteiger partial charge in [-0.2, -0.15) is 0 Å². The van der Waals surface area contributed by atoms with Gasteiger partial charge in [0.2, 0.25) is 0 Å². The van der Waals surface area contributed by atoms with Gasteiger partial charge in [-0.25, -0.2) is 0 Å². The Balaban J connectivity index is 2.52. The standard InChI is InChI=1S/C10H12BrN/c1-7-8-3-2-4-10(11)9(8)5-6-12-7/h2-4,7,12H,5-6H2,1H3/t7-/m1/s1. The summed E-state index contributed by atoms with van der Waals surface area (Å²) in [5, 5.41) is 3.44. The summed E-state index contributed by atoms with van der Waals surface area (Å²) in [5.41, 5.74) is 2.92. The van der Waals surface area contributed by atoms with E-state index in [4.69, 9.17) is 0 Å². The summed E-state index contributed by atoms with van der Waals surface area (Å²) in [6.45, 7) is 3.31. The highest BCUT2D eigenvalue weighted by Gasteiger charge is 2.16. The van der Waals surface area contributed by atoms with E-state index in [9.17, 15) is 0 Å². The van der Waals surface area contributed by atoms with Crippen molar-refractivity contribution in [2.24, 2.45) is 0 Å². The molecule has 0 amide bonds. The Morgan fingerprint density at radius 2 is 2.33 bits per heavy atom. The highest BCUT2D eigenvalue weighted by molar-refractivity contribution is 9.10. The first-order chi connectivity index (χ1) is 5.79. The Bertz CT molecular complexity index is 296. The second-order valence-electron chi connectivity index (χ2n) is 3.23. The number of benzene rings is 1. The lowest BCUT2D eigenvalue weighted by molar-refractivity contribution is 0.540. The number of nitrogens with one attached hydrogen (secondary N) is 1. The number of rotatable bonds is 0. The van der Waals surface area contributed by atoms with E-state index in [0.29, 0.717) is 6.04 Å². The van der Waals surface area contributed by atoms with E-state index in [-0.39, 0.29) is 0 Å². The van der Waals surface area contributed by atoms with Gasteiger partial charge in [0.15, 0.2) is 0 Å². The highest BCUT2D eigenvalue weighted by Crippen LogP contribution is 2.28. The van der Waals surface area contributed by atoms with Crippen molar-refractivity contribution in [3.05, 3.63) is 33.8 Å². The molecule has 0 fully saturated rings. The number of hydrogen-bond acceptors (Lipinski definition) is 1. The average Bonchev–Trinajstić information content (AvgIpc) is 2.07. The van der Waals surface area contributed by atoms with Gasteiger partial charge in [-0.15, -0.1) is 0 Å². The third-order valence-corrected chi connectivity index (χ3v) is 3.19. The maximum Gasteiger partial charge on any atom is 0.0295 e. The van der Waals surface area contributed by atoms with Gasteiger partial charge in [0.05, 0.1) is 0 Å². The molecule has 12 heavy (non-hydrogen) atoms. The zero-order valence-corrected chi connectivity index (χ0v) is 8.69. The highest BCUT2D eigenvalue weighted by atomic mass is 79.9. The molecule has 1 atom stereocenters. The molecule has 2 heteroatoms. The van der Waals surface area contributed by atoms with Crippen LogP contribution in [0.3, 0.4) is 0 Å². The Morgan fingerprint density at radius 3 is 3.08 bits per heavy atom. The lowest BCUT2D eigenvalue weighted by Crippen LogP contribution is -2.27. The molecular weight excluding hydrogens is 214 g/mol. The van der Waals surface area contributed by atoms with E-state index >= 15 is 0 Å². The van der Waals surface area contributed by atoms with Crippen molar-refractivity contribution >= 4 is 15.9 Å². The third kappa shape index (κ3) is 1.29. The molecule has 1 N–H and O–H groups in total. The van der Waals surface area contributed by atoms with Crippen molar-refractivity contribution < 1.29 is 0 Å². The van der Waals surface area contributed by atoms with Crippen molar-refractivity contribution in [1.82, 2.24) is 5.32 Å². The predicted octanol–water partition coefficient (Wildman–Crippen LogP) is 2.66. The van der Waals surface area contributed by atoms with Crippen molar-refractivity contribution in [2.75, 3.05) is 6.54 Å². The SMILES string of the molecule is C[C@H]1NCCc2c(Br)cccc21. The summed E-state index contributed by atoms with van der Waals surface area (Å²) in [7, 11) is 0. The van der Waals surface area contributed by atoms with Gasteiger partial charge in [-0.05, 0) is 37.1 Å².